The van der Waals surface area contributed by atoms with Crippen molar-refractivity contribution in [3.8, 4) is 5.69 Å². The third-order valence-corrected chi connectivity index (χ3v) is 4.44. The van der Waals surface area contributed by atoms with Crippen LogP contribution in [0.5, 0.6) is 0 Å². The van der Waals surface area contributed by atoms with Gasteiger partial charge in [-0.15, -0.1) is 0 Å². The van der Waals surface area contributed by atoms with Crippen LogP contribution in [0, 0.1) is 5.92 Å². The van der Waals surface area contributed by atoms with Gasteiger partial charge >= 0.3 is 0 Å². The zero-order chi connectivity index (χ0) is 16.2. The van der Waals surface area contributed by atoms with Crippen LogP contribution in [0.15, 0.2) is 36.7 Å². The summed E-state index contributed by atoms with van der Waals surface area (Å²) in [5, 5.41) is 8.15. The molecule has 1 unspecified atom stereocenters. The molecular formula is C17H21ClN4O. The highest BCUT2D eigenvalue weighted by Crippen LogP contribution is 2.19. The maximum Gasteiger partial charge on any atom is 0.257 e. The van der Waals surface area contributed by atoms with E-state index >= 15 is 0 Å². The summed E-state index contributed by atoms with van der Waals surface area (Å²) in [5.74, 6) is 0.583. The average molecular weight is 333 g/mol. The van der Waals surface area contributed by atoms with Crippen molar-refractivity contribution in [3.63, 3.8) is 0 Å². The van der Waals surface area contributed by atoms with Crippen molar-refractivity contribution in [2.75, 3.05) is 26.7 Å². The molecule has 0 radical (unpaired) electrons. The van der Waals surface area contributed by atoms with Crippen LogP contribution in [-0.2, 0) is 0 Å². The van der Waals surface area contributed by atoms with Crippen molar-refractivity contribution in [1.29, 1.82) is 0 Å². The van der Waals surface area contributed by atoms with E-state index in [1.807, 2.05) is 36.2 Å². The lowest BCUT2D eigenvalue weighted by molar-refractivity contribution is 0.0674. The van der Waals surface area contributed by atoms with Gasteiger partial charge in [0.15, 0.2) is 0 Å². The Labute approximate surface area is 141 Å². The normalized spacial score (nSPS) is 18.2. The third-order valence-electron chi connectivity index (χ3n) is 4.20. The SMILES string of the molecule is CNCC1CCCN(C(=O)c2cnn(-c3cccc(Cl)c3)c2)C1. The molecule has 1 saturated heterocycles. The van der Waals surface area contributed by atoms with Crippen molar-refractivity contribution in [1.82, 2.24) is 20.0 Å². The Balaban J connectivity index is 1.73. The van der Waals surface area contributed by atoms with Crippen molar-refractivity contribution in [2.45, 2.75) is 12.8 Å². The van der Waals surface area contributed by atoms with Crippen molar-refractivity contribution >= 4 is 17.5 Å². The van der Waals surface area contributed by atoms with E-state index in [9.17, 15) is 4.79 Å². The zero-order valence-corrected chi connectivity index (χ0v) is 14.0. The van der Waals surface area contributed by atoms with E-state index in [4.69, 9.17) is 11.6 Å². The fourth-order valence-corrected chi connectivity index (χ4v) is 3.26. The molecule has 6 heteroatoms. The highest BCUT2D eigenvalue weighted by Gasteiger charge is 2.24. The van der Waals surface area contributed by atoms with Crippen LogP contribution < -0.4 is 5.32 Å². The Bertz CT molecular complexity index is 683. The Kier molecular flexibility index (Phi) is 4.98. The first-order valence-corrected chi connectivity index (χ1v) is 8.29. The Morgan fingerprint density at radius 2 is 2.35 bits per heavy atom. The van der Waals surface area contributed by atoms with Gasteiger partial charge in [0.25, 0.3) is 5.91 Å². The summed E-state index contributed by atoms with van der Waals surface area (Å²) < 4.78 is 1.69. The number of hydrogen-bond acceptors (Lipinski definition) is 3. The summed E-state index contributed by atoms with van der Waals surface area (Å²) >= 11 is 6.01. The second-order valence-corrected chi connectivity index (χ2v) is 6.41. The predicted octanol–water partition coefficient (Wildman–Crippen LogP) is 2.60. The minimum Gasteiger partial charge on any atom is -0.338 e. The molecule has 1 aliphatic heterocycles. The highest BCUT2D eigenvalue weighted by atomic mass is 35.5. The molecule has 1 amide bonds. The van der Waals surface area contributed by atoms with Gasteiger partial charge in [0, 0.05) is 24.3 Å². The van der Waals surface area contributed by atoms with E-state index in [0.29, 0.717) is 16.5 Å². The van der Waals surface area contributed by atoms with Crippen molar-refractivity contribution in [3.05, 3.63) is 47.2 Å². The molecule has 1 fully saturated rings. The Morgan fingerprint density at radius 3 is 3.13 bits per heavy atom. The number of nitrogens with zero attached hydrogens (tertiary/aromatic N) is 3. The van der Waals surface area contributed by atoms with E-state index in [0.717, 1.165) is 31.7 Å². The number of amides is 1. The van der Waals surface area contributed by atoms with Gasteiger partial charge in [-0.05, 0) is 50.6 Å². The monoisotopic (exact) mass is 332 g/mol. The maximum atomic E-state index is 12.7. The van der Waals surface area contributed by atoms with Crippen LogP contribution in [0.25, 0.3) is 5.69 Å². The number of benzene rings is 1. The number of aromatic nitrogens is 2. The molecule has 5 nitrogen and oxygen atoms in total. The predicted molar refractivity (Wildman–Crippen MR) is 91.1 cm³/mol. The van der Waals surface area contributed by atoms with Crippen LogP contribution in [0.1, 0.15) is 23.2 Å². The van der Waals surface area contributed by atoms with Crippen LogP contribution in [-0.4, -0.2) is 47.3 Å². The molecule has 0 saturated carbocycles. The fraction of sp³-hybridized carbons (Fsp3) is 0.412. The molecule has 0 spiro atoms. The number of hydrogen-bond donors (Lipinski definition) is 1. The second kappa shape index (κ2) is 7.15. The fourth-order valence-electron chi connectivity index (χ4n) is 3.08. The lowest BCUT2D eigenvalue weighted by Gasteiger charge is -2.32. The molecule has 1 aromatic heterocycles. The Hall–Kier alpha value is -1.85. The average Bonchev–Trinajstić information content (AvgIpc) is 3.05. The summed E-state index contributed by atoms with van der Waals surface area (Å²) in [6.45, 7) is 2.58. The molecule has 1 aromatic carbocycles. The van der Waals surface area contributed by atoms with Gasteiger partial charge in [-0.3, -0.25) is 4.79 Å². The number of piperidine rings is 1. The summed E-state index contributed by atoms with van der Waals surface area (Å²) in [5.41, 5.74) is 1.47. The number of halogens is 1. The van der Waals surface area contributed by atoms with Gasteiger partial charge in [0.1, 0.15) is 0 Å². The summed E-state index contributed by atoms with van der Waals surface area (Å²) in [6, 6.07) is 7.42. The topological polar surface area (TPSA) is 50.2 Å². The minimum absolute atomic E-state index is 0.0547. The summed E-state index contributed by atoms with van der Waals surface area (Å²) in [4.78, 5) is 14.6. The molecule has 1 aliphatic rings. The third kappa shape index (κ3) is 3.74. The molecular weight excluding hydrogens is 312 g/mol. The standard InChI is InChI=1S/C17H21ClN4O/c1-19-9-13-4-3-7-21(11-13)17(23)14-10-20-22(12-14)16-6-2-5-15(18)8-16/h2,5-6,8,10,12-13,19H,3-4,7,9,11H2,1H3. The molecule has 1 atom stereocenters. The Morgan fingerprint density at radius 1 is 1.48 bits per heavy atom. The zero-order valence-electron chi connectivity index (χ0n) is 13.2. The molecule has 3 rings (SSSR count). The van der Waals surface area contributed by atoms with Gasteiger partial charge < -0.3 is 10.2 Å². The maximum absolute atomic E-state index is 12.7. The molecule has 2 aromatic rings. The first-order valence-electron chi connectivity index (χ1n) is 7.92. The summed E-state index contributed by atoms with van der Waals surface area (Å²) in [6.07, 6.45) is 5.63. The van der Waals surface area contributed by atoms with E-state index < -0.39 is 0 Å². The summed E-state index contributed by atoms with van der Waals surface area (Å²) in [7, 11) is 1.95. The van der Waals surface area contributed by atoms with E-state index in [2.05, 4.69) is 10.4 Å². The smallest absolute Gasteiger partial charge is 0.257 e. The number of rotatable bonds is 4. The lowest BCUT2D eigenvalue weighted by atomic mass is 9.97. The van der Waals surface area contributed by atoms with Gasteiger partial charge in [-0.25, -0.2) is 4.68 Å². The molecule has 0 bridgehead atoms. The molecule has 2 heterocycles. The van der Waals surface area contributed by atoms with Gasteiger partial charge in [0.05, 0.1) is 17.4 Å². The number of carbonyl (C=O) groups is 1. The van der Waals surface area contributed by atoms with Crippen LogP contribution in [0.4, 0.5) is 0 Å². The largest absolute Gasteiger partial charge is 0.338 e. The second-order valence-electron chi connectivity index (χ2n) is 5.97. The van der Waals surface area contributed by atoms with Gasteiger partial charge in [-0.2, -0.15) is 5.10 Å². The first-order chi connectivity index (χ1) is 11.2. The molecule has 23 heavy (non-hydrogen) atoms. The van der Waals surface area contributed by atoms with E-state index in [-0.39, 0.29) is 5.91 Å². The molecule has 122 valence electrons. The van der Waals surface area contributed by atoms with E-state index in [1.165, 1.54) is 6.42 Å². The molecule has 1 N–H and O–H groups in total. The number of likely N-dealkylation sites (tertiary alicyclic amines) is 1. The molecule has 0 aliphatic carbocycles. The van der Waals surface area contributed by atoms with Crippen LogP contribution in [0.3, 0.4) is 0 Å². The number of nitrogens with one attached hydrogen (secondary N) is 1. The van der Waals surface area contributed by atoms with Gasteiger partial charge in [0.2, 0.25) is 0 Å². The van der Waals surface area contributed by atoms with Gasteiger partial charge in [-0.1, -0.05) is 17.7 Å². The van der Waals surface area contributed by atoms with Crippen molar-refractivity contribution < 1.29 is 4.79 Å². The van der Waals surface area contributed by atoms with Crippen molar-refractivity contribution in [2.24, 2.45) is 5.92 Å². The lowest BCUT2D eigenvalue weighted by Crippen LogP contribution is -2.42. The first kappa shape index (κ1) is 16.0. The van der Waals surface area contributed by atoms with Crippen LogP contribution in [0.2, 0.25) is 5.02 Å². The number of carbonyl (C=O) groups excluding carboxylic acids is 1. The highest BCUT2D eigenvalue weighted by molar-refractivity contribution is 6.30. The van der Waals surface area contributed by atoms with E-state index in [1.54, 1.807) is 17.1 Å². The van der Waals surface area contributed by atoms with Crippen LogP contribution >= 0.6 is 11.6 Å². The minimum atomic E-state index is 0.0547. The quantitative estimate of drug-likeness (QED) is 0.936.